The first kappa shape index (κ1) is 16.8. The molecule has 2 N–H and O–H groups in total. The molecule has 1 rings (SSSR count). The quantitative estimate of drug-likeness (QED) is 0.787. The maximum atomic E-state index is 12.1. The van der Waals surface area contributed by atoms with Gasteiger partial charge in [0.25, 0.3) is 0 Å². The minimum Gasteiger partial charge on any atom is -0.481 e. The third-order valence-electron chi connectivity index (χ3n) is 4.54. The van der Waals surface area contributed by atoms with E-state index in [9.17, 15) is 14.7 Å². The molecule has 0 bridgehead atoms. The highest BCUT2D eigenvalue weighted by atomic mass is 16.4. The second-order valence-electron chi connectivity index (χ2n) is 6.41. The molecule has 0 aromatic rings. The Labute approximate surface area is 121 Å². The van der Waals surface area contributed by atoms with Crippen LogP contribution < -0.4 is 5.32 Å². The number of aliphatic carboxylic acids is 1. The third kappa shape index (κ3) is 3.87. The minimum absolute atomic E-state index is 0.128. The Bertz CT molecular complexity index is 357. The molecule has 0 aromatic carbocycles. The summed E-state index contributed by atoms with van der Waals surface area (Å²) in [4.78, 5) is 25.2. The van der Waals surface area contributed by atoms with Crippen LogP contribution in [0.1, 0.15) is 47.0 Å². The molecule has 0 radical (unpaired) electrons. The van der Waals surface area contributed by atoms with Crippen molar-refractivity contribution < 1.29 is 14.7 Å². The van der Waals surface area contributed by atoms with Gasteiger partial charge in [-0.25, -0.2) is 4.79 Å². The maximum Gasteiger partial charge on any atom is 0.317 e. The highest BCUT2D eigenvalue weighted by Crippen LogP contribution is 2.35. The van der Waals surface area contributed by atoms with Crippen LogP contribution >= 0.6 is 0 Å². The Kier molecular flexibility index (Phi) is 5.84. The van der Waals surface area contributed by atoms with Crippen LogP contribution in [0.15, 0.2) is 0 Å². The summed E-state index contributed by atoms with van der Waals surface area (Å²) < 4.78 is 0. The molecule has 0 spiro atoms. The van der Waals surface area contributed by atoms with E-state index in [0.717, 1.165) is 6.42 Å². The van der Waals surface area contributed by atoms with Gasteiger partial charge in [0.1, 0.15) is 0 Å². The Balaban J connectivity index is 2.54. The van der Waals surface area contributed by atoms with Gasteiger partial charge in [0.15, 0.2) is 0 Å². The average molecular weight is 284 g/mol. The van der Waals surface area contributed by atoms with Gasteiger partial charge in [-0.15, -0.1) is 0 Å². The SMILES string of the molecule is CCCC1(C(=O)O)CCN(C(=O)NCC(C)C(C)C)C1. The molecule has 2 amide bonds. The Morgan fingerprint density at radius 3 is 2.50 bits per heavy atom. The lowest BCUT2D eigenvalue weighted by atomic mass is 9.83. The van der Waals surface area contributed by atoms with Crippen molar-refractivity contribution in [2.24, 2.45) is 17.3 Å². The molecule has 1 aliphatic heterocycles. The van der Waals surface area contributed by atoms with E-state index >= 15 is 0 Å². The van der Waals surface area contributed by atoms with Crippen molar-refractivity contribution in [1.82, 2.24) is 10.2 Å². The minimum atomic E-state index is -0.773. The van der Waals surface area contributed by atoms with Crippen LogP contribution in [0.3, 0.4) is 0 Å². The normalized spacial score (nSPS) is 23.9. The predicted molar refractivity (Wildman–Crippen MR) is 78.6 cm³/mol. The van der Waals surface area contributed by atoms with E-state index in [1.807, 2.05) is 6.92 Å². The van der Waals surface area contributed by atoms with Crippen LogP contribution in [0.25, 0.3) is 0 Å². The smallest absolute Gasteiger partial charge is 0.317 e. The second-order valence-corrected chi connectivity index (χ2v) is 6.41. The van der Waals surface area contributed by atoms with Gasteiger partial charge in [0.2, 0.25) is 0 Å². The van der Waals surface area contributed by atoms with Gasteiger partial charge in [-0.3, -0.25) is 4.79 Å². The van der Waals surface area contributed by atoms with E-state index in [-0.39, 0.29) is 6.03 Å². The number of hydrogen-bond donors (Lipinski definition) is 2. The summed E-state index contributed by atoms with van der Waals surface area (Å²) in [7, 11) is 0. The summed E-state index contributed by atoms with van der Waals surface area (Å²) in [6, 6.07) is -0.128. The van der Waals surface area contributed by atoms with Crippen LogP contribution in [-0.2, 0) is 4.79 Å². The second kappa shape index (κ2) is 6.95. The molecule has 5 heteroatoms. The van der Waals surface area contributed by atoms with Gasteiger partial charge in [0.05, 0.1) is 5.41 Å². The fraction of sp³-hybridized carbons (Fsp3) is 0.867. The molecule has 1 aliphatic rings. The fourth-order valence-electron chi connectivity index (χ4n) is 2.61. The number of carbonyl (C=O) groups excluding carboxylic acids is 1. The lowest BCUT2D eigenvalue weighted by Crippen LogP contribution is -2.43. The topological polar surface area (TPSA) is 69.6 Å². The Morgan fingerprint density at radius 1 is 1.35 bits per heavy atom. The first-order valence-corrected chi connectivity index (χ1v) is 7.58. The molecule has 1 saturated heterocycles. The van der Waals surface area contributed by atoms with E-state index in [1.165, 1.54) is 0 Å². The number of hydrogen-bond acceptors (Lipinski definition) is 2. The molecule has 5 nitrogen and oxygen atoms in total. The number of nitrogens with zero attached hydrogens (tertiary/aromatic N) is 1. The van der Waals surface area contributed by atoms with Crippen molar-refractivity contribution in [2.45, 2.75) is 47.0 Å². The third-order valence-corrected chi connectivity index (χ3v) is 4.54. The molecule has 20 heavy (non-hydrogen) atoms. The van der Waals surface area contributed by atoms with Crippen LogP contribution in [0.4, 0.5) is 4.79 Å². The number of urea groups is 1. The predicted octanol–water partition coefficient (Wildman–Crippen LogP) is 2.56. The van der Waals surface area contributed by atoms with Gasteiger partial charge in [-0.2, -0.15) is 0 Å². The molecular formula is C15H28N2O3. The summed E-state index contributed by atoms with van der Waals surface area (Å²) in [5.41, 5.74) is -0.740. The summed E-state index contributed by atoms with van der Waals surface area (Å²) in [5, 5.41) is 12.3. The lowest BCUT2D eigenvalue weighted by molar-refractivity contribution is -0.148. The van der Waals surface area contributed by atoms with Crippen LogP contribution in [0.2, 0.25) is 0 Å². The van der Waals surface area contributed by atoms with Crippen LogP contribution in [0, 0.1) is 17.3 Å². The van der Waals surface area contributed by atoms with Crippen LogP contribution in [-0.4, -0.2) is 41.6 Å². The number of carboxylic acids is 1. The fourth-order valence-corrected chi connectivity index (χ4v) is 2.61. The lowest BCUT2D eigenvalue weighted by Gasteiger charge is -2.25. The molecule has 116 valence electrons. The molecule has 1 fully saturated rings. The molecule has 2 unspecified atom stereocenters. The summed E-state index contributed by atoms with van der Waals surface area (Å²) >= 11 is 0. The van der Waals surface area contributed by atoms with Crippen LogP contribution in [0.5, 0.6) is 0 Å². The van der Waals surface area contributed by atoms with E-state index in [4.69, 9.17) is 0 Å². The molecule has 1 heterocycles. The van der Waals surface area contributed by atoms with E-state index in [0.29, 0.717) is 44.3 Å². The number of carboxylic acid groups (broad SMARTS) is 1. The first-order chi connectivity index (χ1) is 9.32. The summed E-state index contributed by atoms with van der Waals surface area (Å²) in [6.07, 6.45) is 2.02. The number of amides is 2. The monoisotopic (exact) mass is 284 g/mol. The zero-order valence-electron chi connectivity index (χ0n) is 13.1. The zero-order valence-corrected chi connectivity index (χ0v) is 13.1. The molecular weight excluding hydrogens is 256 g/mol. The summed E-state index contributed by atoms with van der Waals surface area (Å²) in [6.45, 7) is 9.85. The largest absolute Gasteiger partial charge is 0.481 e. The highest BCUT2D eigenvalue weighted by molar-refractivity contribution is 5.79. The standard InChI is InChI=1S/C15H28N2O3/c1-5-6-15(13(18)19)7-8-17(10-15)14(20)16-9-12(4)11(2)3/h11-12H,5-10H2,1-4H3,(H,16,20)(H,18,19). The van der Waals surface area contributed by atoms with E-state index < -0.39 is 11.4 Å². The summed E-state index contributed by atoms with van der Waals surface area (Å²) in [5.74, 6) is 0.165. The van der Waals surface area contributed by atoms with Crippen molar-refractivity contribution in [2.75, 3.05) is 19.6 Å². The van der Waals surface area contributed by atoms with E-state index in [1.54, 1.807) is 4.90 Å². The molecule has 0 saturated carbocycles. The number of carbonyl (C=O) groups is 2. The maximum absolute atomic E-state index is 12.1. The van der Waals surface area contributed by atoms with Gasteiger partial charge in [-0.1, -0.05) is 34.1 Å². The van der Waals surface area contributed by atoms with Gasteiger partial charge in [-0.05, 0) is 24.7 Å². The van der Waals surface area contributed by atoms with Gasteiger partial charge < -0.3 is 15.3 Å². The molecule has 0 aromatic heterocycles. The number of rotatable bonds is 6. The molecule has 0 aliphatic carbocycles. The Morgan fingerprint density at radius 2 is 2.00 bits per heavy atom. The van der Waals surface area contributed by atoms with Crippen molar-refractivity contribution >= 4 is 12.0 Å². The Hall–Kier alpha value is -1.26. The van der Waals surface area contributed by atoms with Gasteiger partial charge >= 0.3 is 12.0 Å². The van der Waals surface area contributed by atoms with Gasteiger partial charge in [0, 0.05) is 19.6 Å². The first-order valence-electron chi connectivity index (χ1n) is 7.58. The number of likely N-dealkylation sites (tertiary alicyclic amines) is 1. The number of nitrogens with one attached hydrogen (secondary N) is 1. The van der Waals surface area contributed by atoms with E-state index in [2.05, 4.69) is 26.1 Å². The zero-order chi connectivity index (χ0) is 15.3. The average Bonchev–Trinajstić information content (AvgIpc) is 2.81. The van der Waals surface area contributed by atoms with Crippen molar-refractivity contribution in [3.63, 3.8) is 0 Å². The van der Waals surface area contributed by atoms with Crippen molar-refractivity contribution in [1.29, 1.82) is 0 Å². The van der Waals surface area contributed by atoms with Crippen molar-refractivity contribution in [3.05, 3.63) is 0 Å². The molecule has 2 atom stereocenters. The highest BCUT2D eigenvalue weighted by Gasteiger charge is 2.45. The van der Waals surface area contributed by atoms with Crippen molar-refractivity contribution in [3.8, 4) is 0 Å².